The van der Waals surface area contributed by atoms with Crippen molar-refractivity contribution in [3.63, 3.8) is 0 Å². The minimum Gasteiger partial charge on any atom is -0.395 e. The largest absolute Gasteiger partial charge is 0.395 e. The number of carbonyl (C=O) groups excluding carboxylic acids is 1. The molecule has 2 aromatic heterocycles. The topological polar surface area (TPSA) is 58.9 Å². The van der Waals surface area contributed by atoms with Crippen molar-refractivity contribution in [1.29, 1.82) is 0 Å². The lowest BCUT2D eigenvalue weighted by Crippen LogP contribution is -2.69. The number of carbonyl (C=O) groups is 1. The van der Waals surface area contributed by atoms with E-state index in [2.05, 4.69) is 34.5 Å². The average molecular weight is 396 g/mol. The molecule has 5 nitrogen and oxygen atoms in total. The fourth-order valence-electron chi connectivity index (χ4n) is 4.29. The molecule has 30 heavy (non-hydrogen) atoms. The van der Waals surface area contributed by atoms with Crippen molar-refractivity contribution < 1.29 is 14.9 Å². The quantitative estimate of drug-likeness (QED) is 0.557. The molecule has 3 heterocycles. The Balaban J connectivity index is 1.75. The van der Waals surface area contributed by atoms with Gasteiger partial charge in [-0.25, -0.2) is 0 Å². The Bertz CT molecular complexity index is 1290. The van der Waals surface area contributed by atoms with Gasteiger partial charge in [0.15, 0.2) is 0 Å². The van der Waals surface area contributed by atoms with Gasteiger partial charge >= 0.3 is 5.91 Å². The second kappa shape index (κ2) is 7.28. The van der Waals surface area contributed by atoms with Crippen LogP contribution in [0.1, 0.15) is 11.1 Å². The Morgan fingerprint density at radius 3 is 2.47 bits per heavy atom. The molecular formula is C25H22N3O2+. The summed E-state index contributed by atoms with van der Waals surface area (Å²) < 4.78 is 2.16. The number of hydrogen-bond acceptors (Lipinski definition) is 2. The summed E-state index contributed by atoms with van der Waals surface area (Å²) >= 11 is 0. The van der Waals surface area contributed by atoms with Gasteiger partial charge in [-0.1, -0.05) is 48.5 Å². The van der Waals surface area contributed by atoms with E-state index < -0.39 is 0 Å². The number of fused-ring (bicyclic) bond motifs is 2. The number of para-hydroxylation sites is 1. The van der Waals surface area contributed by atoms with Crippen LogP contribution < -0.4 is 9.89 Å². The van der Waals surface area contributed by atoms with E-state index in [0.717, 1.165) is 39.3 Å². The van der Waals surface area contributed by atoms with E-state index in [-0.39, 0.29) is 19.1 Å². The predicted molar refractivity (Wildman–Crippen MR) is 118 cm³/mol. The van der Waals surface area contributed by atoms with Gasteiger partial charge in [-0.3, -0.25) is 4.79 Å². The molecule has 1 aliphatic heterocycles. The van der Waals surface area contributed by atoms with Crippen LogP contribution in [0.15, 0.2) is 79.0 Å². The summed E-state index contributed by atoms with van der Waals surface area (Å²) in [6.07, 6.45) is 2.04. The zero-order valence-corrected chi connectivity index (χ0v) is 16.7. The number of anilines is 1. The lowest BCUT2D eigenvalue weighted by molar-refractivity contribution is -0.350. The summed E-state index contributed by atoms with van der Waals surface area (Å²) in [6, 6.07) is 24.0. The first-order valence-electron chi connectivity index (χ1n) is 10.0. The summed E-state index contributed by atoms with van der Waals surface area (Å²) in [5.74, 6) is -0.124. The van der Waals surface area contributed by atoms with Gasteiger partial charge < -0.3 is 14.4 Å². The highest BCUT2D eigenvalue weighted by Crippen LogP contribution is 2.33. The number of nitrogens with one attached hydrogen (secondary N) is 1. The maximum absolute atomic E-state index is 13.2. The van der Waals surface area contributed by atoms with Gasteiger partial charge in [0.05, 0.1) is 23.6 Å². The van der Waals surface area contributed by atoms with E-state index in [0.29, 0.717) is 5.71 Å². The predicted octanol–water partition coefficient (Wildman–Crippen LogP) is 2.46. The van der Waals surface area contributed by atoms with E-state index in [4.69, 9.17) is 0 Å². The fraction of sp³-hybridized carbons (Fsp3) is 0.120. The number of aliphatic hydroxyl groups is 1. The van der Waals surface area contributed by atoms with Crippen molar-refractivity contribution in [3.8, 4) is 11.3 Å². The van der Waals surface area contributed by atoms with Gasteiger partial charge in [0.2, 0.25) is 5.69 Å². The molecule has 0 saturated carbocycles. The van der Waals surface area contributed by atoms with Crippen LogP contribution in [-0.4, -0.2) is 34.3 Å². The fourth-order valence-corrected chi connectivity index (χ4v) is 4.29. The van der Waals surface area contributed by atoms with Crippen LogP contribution in [-0.2, 0) is 4.79 Å². The van der Waals surface area contributed by atoms with E-state index >= 15 is 0 Å². The van der Waals surface area contributed by atoms with E-state index in [1.54, 1.807) is 4.90 Å². The Labute approximate surface area is 174 Å². The molecule has 2 N–H and O–H groups in total. The lowest BCUT2D eigenvalue weighted by Gasteiger charge is -2.13. The smallest absolute Gasteiger partial charge is 0.323 e. The van der Waals surface area contributed by atoms with Gasteiger partial charge in [-0.15, -0.1) is 0 Å². The first kappa shape index (κ1) is 18.3. The summed E-state index contributed by atoms with van der Waals surface area (Å²) in [5, 5.41) is 9.43. The first-order valence-corrected chi connectivity index (χ1v) is 10.0. The maximum Gasteiger partial charge on any atom is 0.323 e. The number of pyridine rings is 1. The Morgan fingerprint density at radius 2 is 1.67 bits per heavy atom. The van der Waals surface area contributed by atoms with Crippen molar-refractivity contribution in [2.24, 2.45) is 0 Å². The molecule has 1 aliphatic rings. The molecule has 0 radical (unpaired) electrons. The number of β-amino-alcohol motifs (C(OH)–C–C–N with tert-alkyl or cyclic N) is 1. The number of aliphatic hydroxyl groups excluding tert-OH is 1. The number of nitrogens with zero attached hydrogens (tertiary/aromatic N) is 2. The molecule has 0 spiro atoms. The number of rotatable bonds is 4. The Hall–Kier alpha value is -3.70. The third-order valence-corrected chi connectivity index (χ3v) is 5.63. The molecule has 0 bridgehead atoms. The molecule has 0 unspecified atom stereocenters. The Kier molecular flexibility index (Phi) is 4.45. The second-order valence-electron chi connectivity index (χ2n) is 7.37. The molecule has 148 valence electrons. The SMILES string of the molecule is Cc1c([NH+]=C2C(=O)N(CCO)c3ccccc32)c2ccccn2c1-c1ccccc1. The third-order valence-electron chi connectivity index (χ3n) is 5.63. The van der Waals surface area contributed by atoms with Crippen molar-refractivity contribution in [2.45, 2.75) is 6.92 Å². The van der Waals surface area contributed by atoms with Crippen molar-refractivity contribution in [3.05, 3.63) is 90.1 Å². The van der Waals surface area contributed by atoms with E-state index in [9.17, 15) is 9.90 Å². The van der Waals surface area contributed by atoms with Gasteiger partial charge in [0.25, 0.3) is 5.71 Å². The first-order chi connectivity index (χ1) is 14.7. The molecule has 5 rings (SSSR count). The number of hydrogen-bond donors (Lipinski definition) is 2. The van der Waals surface area contributed by atoms with Gasteiger partial charge in [-0.2, -0.15) is 4.99 Å². The minimum absolute atomic E-state index is 0.0836. The van der Waals surface area contributed by atoms with Crippen LogP contribution in [0.25, 0.3) is 16.8 Å². The molecule has 1 amide bonds. The molecule has 0 atom stereocenters. The van der Waals surface area contributed by atoms with Crippen LogP contribution in [0.4, 0.5) is 11.4 Å². The monoisotopic (exact) mass is 396 g/mol. The molecular weight excluding hydrogens is 374 g/mol. The van der Waals surface area contributed by atoms with Crippen molar-refractivity contribution in [2.75, 3.05) is 18.1 Å². The molecule has 0 saturated heterocycles. The number of amides is 1. The third kappa shape index (κ3) is 2.75. The van der Waals surface area contributed by atoms with Crippen LogP contribution in [0.3, 0.4) is 0 Å². The van der Waals surface area contributed by atoms with Gasteiger partial charge in [0, 0.05) is 18.3 Å². The molecule has 5 heteroatoms. The minimum atomic E-state index is -0.124. The van der Waals surface area contributed by atoms with Crippen LogP contribution in [0.2, 0.25) is 0 Å². The maximum atomic E-state index is 13.2. The molecule has 4 aromatic rings. The van der Waals surface area contributed by atoms with Gasteiger partial charge in [-0.05, 0) is 36.8 Å². The zero-order valence-electron chi connectivity index (χ0n) is 16.7. The second-order valence-corrected chi connectivity index (χ2v) is 7.37. The highest BCUT2D eigenvalue weighted by Gasteiger charge is 2.38. The Morgan fingerprint density at radius 1 is 0.933 bits per heavy atom. The van der Waals surface area contributed by atoms with Crippen LogP contribution in [0.5, 0.6) is 0 Å². The van der Waals surface area contributed by atoms with Gasteiger partial charge in [0.1, 0.15) is 5.52 Å². The summed E-state index contributed by atoms with van der Waals surface area (Å²) in [6.45, 7) is 2.26. The lowest BCUT2D eigenvalue weighted by atomic mass is 10.1. The van der Waals surface area contributed by atoms with Crippen molar-refractivity contribution in [1.82, 2.24) is 4.40 Å². The summed E-state index contributed by atoms with van der Waals surface area (Å²) in [5.41, 5.74) is 7.43. The average Bonchev–Trinajstić information content (AvgIpc) is 3.21. The zero-order chi connectivity index (χ0) is 20.7. The van der Waals surface area contributed by atoms with Crippen LogP contribution in [0, 0.1) is 6.92 Å². The van der Waals surface area contributed by atoms with Crippen LogP contribution >= 0.6 is 0 Å². The number of benzene rings is 2. The number of aromatic nitrogens is 1. The summed E-state index contributed by atoms with van der Waals surface area (Å²) in [4.78, 5) is 18.3. The molecule has 0 fully saturated rings. The normalized spacial score (nSPS) is 14.7. The molecule has 0 aliphatic carbocycles. The highest BCUT2D eigenvalue weighted by atomic mass is 16.3. The standard InChI is InChI=1S/C25H21N3O2/c1-17-22(21-13-7-8-14-27(21)24(17)18-9-3-2-4-10-18)26-23-19-11-5-6-12-20(19)28(15-16-29)25(23)30/h2-14,29H,15-16H2,1H3/p+1. The van der Waals surface area contributed by atoms with E-state index in [1.165, 1.54) is 0 Å². The van der Waals surface area contributed by atoms with E-state index in [1.807, 2.05) is 60.8 Å². The highest BCUT2D eigenvalue weighted by molar-refractivity contribution is 6.52. The van der Waals surface area contributed by atoms with Crippen molar-refractivity contribution >= 4 is 28.5 Å². The molecule has 2 aromatic carbocycles. The summed E-state index contributed by atoms with van der Waals surface area (Å²) in [7, 11) is 0.